The molecule has 2 rings (SSSR count). The van der Waals surface area contributed by atoms with Gasteiger partial charge in [-0.25, -0.2) is 8.78 Å². The summed E-state index contributed by atoms with van der Waals surface area (Å²) in [4.78, 5) is 37.7. The first-order valence-corrected chi connectivity index (χ1v) is 8.22. The van der Waals surface area contributed by atoms with Crippen molar-refractivity contribution in [3.8, 4) is 0 Å². The van der Waals surface area contributed by atoms with Crippen LogP contribution in [0.15, 0.2) is 4.99 Å². The minimum atomic E-state index is -2.81. The fraction of sp³-hybridized carbons (Fsp3) is 0.714. The molecule has 2 heterocycles. The fourth-order valence-electron chi connectivity index (χ4n) is 2.52. The summed E-state index contributed by atoms with van der Waals surface area (Å²) in [7, 11) is 0. The minimum absolute atomic E-state index is 0.293. The predicted octanol–water partition coefficient (Wildman–Crippen LogP) is 0.917. The van der Waals surface area contributed by atoms with E-state index in [9.17, 15) is 23.2 Å². The topological polar surface area (TPSA) is 100 Å². The van der Waals surface area contributed by atoms with Crippen LogP contribution in [0, 0.1) is 0 Å². The molecule has 0 bridgehead atoms. The summed E-state index contributed by atoms with van der Waals surface area (Å²) in [6.45, 7) is 3.16. The first-order chi connectivity index (χ1) is 11.7. The molecule has 0 N–H and O–H groups in total. The van der Waals surface area contributed by atoms with E-state index in [1.54, 1.807) is 0 Å². The number of halogens is 2. The Balaban J connectivity index is 2.30. The molecule has 8 nitrogen and oxygen atoms in total. The van der Waals surface area contributed by atoms with Gasteiger partial charge in [0.1, 0.15) is 29.2 Å². The van der Waals surface area contributed by atoms with Gasteiger partial charge in [-0.05, 0) is 0 Å². The Kier molecular flexibility index (Phi) is 6.33. The van der Waals surface area contributed by atoms with E-state index in [1.807, 2.05) is 0 Å². The number of esters is 3. The molecule has 0 aromatic heterocycles. The molecule has 0 aromatic rings. The Hall–Kier alpha value is -1.75. The minimum Gasteiger partial charge on any atom is -0.463 e. The molecule has 2 aliphatic rings. The highest BCUT2D eigenvalue weighted by atomic mass is 32.2. The molecule has 0 aliphatic carbocycles. The van der Waals surface area contributed by atoms with Crippen LogP contribution in [0.4, 0.5) is 8.78 Å². The predicted molar refractivity (Wildman–Crippen MR) is 81.2 cm³/mol. The van der Waals surface area contributed by atoms with Gasteiger partial charge in [0.25, 0.3) is 6.43 Å². The second-order valence-corrected chi connectivity index (χ2v) is 6.49. The van der Waals surface area contributed by atoms with Gasteiger partial charge in [0.2, 0.25) is 0 Å². The van der Waals surface area contributed by atoms with E-state index < -0.39 is 59.2 Å². The van der Waals surface area contributed by atoms with Crippen molar-refractivity contribution < 1.29 is 42.1 Å². The Morgan fingerprint density at radius 1 is 1.12 bits per heavy atom. The van der Waals surface area contributed by atoms with Gasteiger partial charge in [0.05, 0.1) is 0 Å². The highest BCUT2D eigenvalue weighted by molar-refractivity contribution is 8.14. The third-order valence-corrected chi connectivity index (χ3v) is 4.52. The highest BCUT2D eigenvalue weighted by Gasteiger charge is 2.53. The van der Waals surface area contributed by atoms with Crippen molar-refractivity contribution in [1.29, 1.82) is 0 Å². The summed E-state index contributed by atoms with van der Waals surface area (Å²) >= 11 is 0.698. The van der Waals surface area contributed by atoms with Gasteiger partial charge in [-0.2, -0.15) is 0 Å². The van der Waals surface area contributed by atoms with Crippen LogP contribution in [-0.4, -0.2) is 65.8 Å². The van der Waals surface area contributed by atoms with E-state index in [0.717, 1.165) is 13.8 Å². The summed E-state index contributed by atoms with van der Waals surface area (Å²) in [5.41, 5.74) is -0.874. The molecule has 11 heteroatoms. The third kappa shape index (κ3) is 4.88. The first kappa shape index (κ1) is 19.6. The molecule has 25 heavy (non-hydrogen) atoms. The van der Waals surface area contributed by atoms with Gasteiger partial charge in [-0.3, -0.25) is 19.4 Å². The van der Waals surface area contributed by atoms with Gasteiger partial charge in [0.15, 0.2) is 12.2 Å². The SMILES string of the molecule is CC(=O)OC[C@H]1OC2SC(C(F)F)=NC2[C@@H](OC(C)=O)[C@@H]1OC(C)=O. The molecule has 1 saturated heterocycles. The molecule has 0 aromatic carbocycles. The number of carbonyl (C=O) groups is 3. The lowest BCUT2D eigenvalue weighted by Gasteiger charge is -2.41. The lowest BCUT2D eigenvalue weighted by molar-refractivity contribution is -0.208. The quantitative estimate of drug-likeness (QED) is 0.512. The van der Waals surface area contributed by atoms with Gasteiger partial charge < -0.3 is 18.9 Å². The van der Waals surface area contributed by atoms with Crippen molar-refractivity contribution >= 4 is 34.7 Å². The molecule has 2 aliphatic heterocycles. The molecule has 5 atom stereocenters. The van der Waals surface area contributed by atoms with Gasteiger partial charge in [-0.1, -0.05) is 11.8 Å². The number of rotatable bonds is 5. The maximum Gasteiger partial charge on any atom is 0.303 e. The van der Waals surface area contributed by atoms with Crippen LogP contribution in [0.3, 0.4) is 0 Å². The third-order valence-electron chi connectivity index (χ3n) is 3.37. The zero-order chi connectivity index (χ0) is 18.7. The molecule has 2 unspecified atom stereocenters. The fourth-order valence-corrected chi connectivity index (χ4v) is 3.60. The first-order valence-electron chi connectivity index (χ1n) is 7.34. The summed E-state index contributed by atoms with van der Waals surface area (Å²) < 4.78 is 46.8. The second-order valence-electron chi connectivity index (χ2n) is 5.37. The van der Waals surface area contributed by atoms with Crippen LogP contribution in [0.25, 0.3) is 0 Å². The van der Waals surface area contributed by atoms with Crippen molar-refractivity contribution in [1.82, 2.24) is 0 Å². The Bertz CT molecular complexity index is 586. The highest BCUT2D eigenvalue weighted by Crippen LogP contribution is 2.40. The lowest BCUT2D eigenvalue weighted by atomic mass is 9.98. The average molecular weight is 381 g/mol. The van der Waals surface area contributed by atoms with Crippen LogP contribution in [0.2, 0.25) is 0 Å². The number of alkyl halides is 2. The lowest BCUT2D eigenvalue weighted by Crippen LogP contribution is -2.59. The normalized spacial score (nSPS) is 31.1. The second kappa shape index (κ2) is 8.09. The number of nitrogens with zero attached hydrogens (tertiary/aromatic N) is 1. The number of hydrogen-bond acceptors (Lipinski definition) is 9. The van der Waals surface area contributed by atoms with Crippen LogP contribution >= 0.6 is 11.8 Å². The monoisotopic (exact) mass is 381 g/mol. The van der Waals surface area contributed by atoms with Crippen molar-refractivity contribution in [2.75, 3.05) is 6.61 Å². The van der Waals surface area contributed by atoms with Crippen molar-refractivity contribution in [3.63, 3.8) is 0 Å². The zero-order valence-electron chi connectivity index (χ0n) is 13.6. The van der Waals surface area contributed by atoms with Crippen LogP contribution in [0.1, 0.15) is 20.8 Å². The zero-order valence-corrected chi connectivity index (χ0v) is 14.5. The molecular formula is C14H17F2NO7S. The van der Waals surface area contributed by atoms with E-state index in [1.165, 1.54) is 6.92 Å². The maximum absolute atomic E-state index is 13.0. The van der Waals surface area contributed by atoms with Gasteiger partial charge >= 0.3 is 17.9 Å². The molecule has 0 radical (unpaired) electrons. The number of aliphatic imine (C=N–C) groups is 1. The molecule has 0 saturated carbocycles. The smallest absolute Gasteiger partial charge is 0.303 e. The van der Waals surface area contributed by atoms with Gasteiger partial charge in [0, 0.05) is 20.8 Å². The number of carbonyl (C=O) groups excluding carboxylic acids is 3. The van der Waals surface area contributed by atoms with Crippen molar-refractivity contribution in [3.05, 3.63) is 0 Å². The van der Waals surface area contributed by atoms with Gasteiger partial charge in [-0.15, -0.1) is 0 Å². The summed E-state index contributed by atoms with van der Waals surface area (Å²) in [5, 5.41) is -0.457. The number of thioether (sulfide) groups is 1. The largest absolute Gasteiger partial charge is 0.463 e. The van der Waals surface area contributed by atoms with Crippen molar-refractivity contribution in [2.45, 2.75) is 57.0 Å². The van der Waals surface area contributed by atoms with Crippen LogP contribution < -0.4 is 0 Å². The van der Waals surface area contributed by atoms with E-state index in [0.29, 0.717) is 11.8 Å². The van der Waals surface area contributed by atoms with E-state index in [2.05, 4.69) is 4.99 Å². The molecule has 0 spiro atoms. The van der Waals surface area contributed by atoms with Crippen LogP contribution in [-0.2, 0) is 33.3 Å². The summed E-state index contributed by atoms with van der Waals surface area (Å²) in [5.74, 6) is -1.99. The number of fused-ring (bicyclic) bond motifs is 1. The number of hydrogen-bond donors (Lipinski definition) is 0. The maximum atomic E-state index is 13.0. The standard InChI is InChI=1S/C14H17F2NO7S/c1-5(18)21-4-8-10(22-6(2)19)11(23-7(3)20)9-14(24-8)25-13(17-9)12(15)16/h8-12,14H,4H2,1-3H3/t8-,9?,10-,11-,14?/m1/s1. The summed E-state index contributed by atoms with van der Waals surface area (Å²) in [6, 6.07) is -0.962. The Labute approximate surface area is 146 Å². The number of ether oxygens (including phenoxy) is 4. The summed E-state index contributed by atoms with van der Waals surface area (Å²) in [6.07, 6.45) is -6.08. The average Bonchev–Trinajstić information content (AvgIpc) is 2.91. The van der Waals surface area contributed by atoms with E-state index in [-0.39, 0.29) is 6.61 Å². The van der Waals surface area contributed by atoms with Crippen molar-refractivity contribution in [2.24, 2.45) is 4.99 Å². The molecular weight excluding hydrogens is 364 g/mol. The van der Waals surface area contributed by atoms with Crippen LogP contribution in [0.5, 0.6) is 0 Å². The molecule has 0 amide bonds. The van der Waals surface area contributed by atoms with E-state index in [4.69, 9.17) is 18.9 Å². The van der Waals surface area contributed by atoms with E-state index >= 15 is 0 Å². The molecule has 1 fully saturated rings. The molecule has 140 valence electrons. The Morgan fingerprint density at radius 2 is 1.72 bits per heavy atom. The Morgan fingerprint density at radius 3 is 2.24 bits per heavy atom.